The van der Waals surface area contributed by atoms with Crippen molar-refractivity contribution in [2.75, 3.05) is 13.2 Å². The summed E-state index contributed by atoms with van der Waals surface area (Å²) in [7, 11) is -4.30. The van der Waals surface area contributed by atoms with Crippen molar-refractivity contribution >= 4 is 56.7 Å². The van der Waals surface area contributed by atoms with E-state index < -0.39 is 40.5 Å². The van der Waals surface area contributed by atoms with Gasteiger partial charge in [-0.25, -0.2) is 5.01 Å². The molecule has 11 nitrogen and oxygen atoms in total. The van der Waals surface area contributed by atoms with Gasteiger partial charge in [-0.05, 0) is 54.4 Å². The van der Waals surface area contributed by atoms with Crippen molar-refractivity contribution in [3.63, 3.8) is 0 Å². The largest absolute Gasteiger partial charge is 0.394 e. The van der Waals surface area contributed by atoms with Gasteiger partial charge < -0.3 is 21.5 Å². The van der Waals surface area contributed by atoms with Crippen molar-refractivity contribution in [2.45, 2.75) is 29.8 Å². The number of nitrogens with one attached hydrogen (secondary N) is 2. The van der Waals surface area contributed by atoms with Crippen LogP contribution in [-0.2, 0) is 19.6 Å². The number of hydrogen-bond acceptors (Lipinski definition) is 6. The molecule has 1 aliphatic heterocycles. The lowest BCUT2D eigenvalue weighted by Gasteiger charge is -2.23. The van der Waals surface area contributed by atoms with Gasteiger partial charge in [0.05, 0.1) is 23.8 Å². The molecule has 0 saturated heterocycles. The second-order valence-electron chi connectivity index (χ2n) is 9.39. The molecule has 0 bridgehead atoms. The van der Waals surface area contributed by atoms with Crippen LogP contribution in [0.4, 0.5) is 0 Å². The fraction of sp³-hybridized carbons (Fsp3) is 0.214. The zero-order valence-electron chi connectivity index (χ0n) is 22.3. The predicted molar refractivity (Wildman–Crippen MR) is 161 cm³/mol. The molecule has 1 heterocycles. The minimum atomic E-state index is -4.30. The minimum Gasteiger partial charge on any atom is -0.394 e. The highest BCUT2D eigenvalue weighted by Gasteiger charge is 2.34. The van der Waals surface area contributed by atoms with E-state index in [0.717, 1.165) is 11.1 Å². The van der Waals surface area contributed by atoms with Crippen LogP contribution in [0.3, 0.4) is 0 Å². The Hall–Kier alpha value is -3.97. The van der Waals surface area contributed by atoms with E-state index in [0.29, 0.717) is 15.8 Å². The third-order valence-corrected chi connectivity index (χ3v) is 8.19. The topological polar surface area (TPSA) is 167 Å². The number of halogens is 2. The van der Waals surface area contributed by atoms with Crippen molar-refractivity contribution in [3.05, 3.63) is 100 Å². The Morgan fingerprint density at radius 1 is 1.02 bits per heavy atom. The summed E-state index contributed by atoms with van der Waals surface area (Å²) in [4.78, 5) is 24.3. The van der Waals surface area contributed by atoms with Crippen molar-refractivity contribution in [1.82, 2.24) is 15.6 Å². The number of hydrazone groups is 1. The van der Waals surface area contributed by atoms with Crippen LogP contribution in [-0.4, -0.2) is 67.3 Å². The zero-order chi connectivity index (χ0) is 30.4. The first-order valence-electron chi connectivity index (χ1n) is 12.7. The summed E-state index contributed by atoms with van der Waals surface area (Å²) in [6.45, 7) is 0.905. The normalized spacial score (nSPS) is 16.9. The van der Waals surface area contributed by atoms with E-state index in [-0.39, 0.29) is 23.3 Å². The van der Waals surface area contributed by atoms with E-state index >= 15 is 0 Å². The number of sulfonamides is 1. The Morgan fingerprint density at radius 3 is 2.19 bits per heavy atom. The molecule has 42 heavy (non-hydrogen) atoms. The number of rotatable bonds is 9. The van der Waals surface area contributed by atoms with Gasteiger partial charge in [0.25, 0.3) is 10.0 Å². The van der Waals surface area contributed by atoms with E-state index in [2.05, 4.69) is 15.0 Å². The fourth-order valence-corrected chi connectivity index (χ4v) is 5.36. The lowest BCUT2D eigenvalue weighted by atomic mass is 9.91. The van der Waals surface area contributed by atoms with Crippen LogP contribution < -0.4 is 16.4 Å². The molecule has 3 unspecified atom stereocenters. The average molecular weight is 632 g/mol. The van der Waals surface area contributed by atoms with Gasteiger partial charge in [-0.2, -0.15) is 13.5 Å². The van der Waals surface area contributed by atoms with Crippen LogP contribution >= 0.6 is 23.2 Å². The highest BCUT2D eigenvalue weighted by atomic mass is 35.5. The Kier molecular flexibility index (Phi) is 9.84. The summed E-state index contributed by atoms with van der Waals surface area (Å²) < 4.78 is 30.8. The number of amides is 2. The fourth-order valence-electron chi connectivity index (χ4n) is 4.15. The first-order valence-corrected chi connectivity index (χ1v) is 14.9. The smallest absolute Gasteiger partial charge is 0.285 e. The molecule has 0 radical (unpaired) electrons. The van der Waals surface area contributed by atoms with Gasteiger partial charge in [-0.15, -0.1) is 4.40 Å². The average Bonchev–Trinajstić information content (AvgIpc) is 3.42. The molecule has 0 spiro atoms. The molecule has 0 aliphatic carbocycles. The van der Waals surface area contributed by atoms with Gasteiger partial charge >= 0.3 is 0 Å². The van der Waals surface area contributed by atoms with Crippen LogP contribution in [0.2, 0.25) is 10.0 Å². The molecule has 4 rings (SSSR count). The van der Waals surface area contributed by atoms with Gasteiger partial charge in [0.2, 0.25) is 17.8 Å². The Bertz CT molecular complexity index is 1600. The highest BCUT2D eigenvalue weighted by molar-refractivity contribution is 7.90. The molecule has 5 N–H and O–H groups in total. The van der Waals surface area contributed by atoms with Gasteiger partial charge in [0, 0.05) is 16.0 Å². The molecular weight excluding hydrogens is 603 g/mol. The summed E-state index contributed by atoms with van der Waals surface area (Å²) >= 11 is 12.0. The van der Waals surface area contributed by atoms with Crippen LogP contribution in [0.15, 0.2) is 93.3 Å². The number of hydrogen-bond donors (Lipinski definition) is 4. The standard InChI is InChI=1S/C28H28Cl2N6O5S/c1-17(27(39)33-24(16-37)26(31)38)32-28(35-42(40,41)22-13-11-21(30)12-14-22)36-15-23(18-5-3-2-4-6-18)25(34-36)19-7-9-20(29)10-8-19/h2-14,17,23-24,37H,15-16H2,1H3,(H2,31,38)(H,32,35)(H,33,39). The summed E-state index contributed by atoms with van der Waals surface area (Å²) in [5, 5.41) is 21.5. The van der Waals surface area contributed by atoms with E-state index in [9.17, 15) is 23.1 Å². The molecule has 3 aromatic carbocycles. The summed E-state index contributed by atoms with van der Waals surface area (Å²) in [6, 6.07) is 19.6. The molecule has 0 saturated carbocycles. The second-order valence-corrected chi connectivity index (χ2v) is 11.9. The molecule has 0 fully saturated rings. The maximum absolute atomic E-state index is 13.4. The van der Waals surface area contributed by atoms with Crippen molar-refractivity contribution < 1.29 is 23.1 Å². The maximum Gasteiger partial charge on any atom is 0.285 e. The number of guanidine groups is 1. The third kappa shape index (κ3) is 7.45. The highest BCUT2D eigenvalue weighted by Crippen LogP contribution is 2.30. The molecular formula is C28H28Cl2N6O5S. The Balaban J connectivity index is 1.76. The number of carbonyl (C=O) groups excluding carboxylic acids is 2. The zero-order valence-corrected chi connectivity index (χ0v) is 24.6. The van der Waals surface area contributed by atoms with E-state index in [4.69, 9.17) is 34.0 Å². The third-order valence-electron chi connectivity index (χ3n) is 6.40. The van der Waals surface area contributed by atoms with Crippen LogP contribution in [0, 0.1) is 0 Å². The van der Waals surface area contributed by atoms with E-state index in [1.165, 1.54) is 36.2 Å². The number of aliphatic hydroxyl groups excluding tert-OH is 1. The Morgan fingerprint density at radius 2 is 1.62 bits per heavy atom. The van der Waals surface area contributed by atoms with Crippen molar-refractivity contribution in [3.8, 4) is 0 Å². The number of benzene rings is 3. The number of nitrogens with two attached hydrogens (primary N) is 1. The van der Waals surface area contributed by atoms with E-state index in [1.54, 1.807) is 12.1 Å². The molecule has 3 atom stereocenters. The number of aliphatic hydroxyl groups is 1. The van der Waals surface area contributed by atoms with Gasteiger partial charge in [-0.1, -0.05) is 65.7 Å². The van der Waals surface area contributed by atoms with Crippen molar-refractivity contribution in [1.29, 1.82) is 0 Å². The van der Waals surface area contributed by atoms with Gasteiger partial charge in [-0.3, -0.25) is 9.59 Å². The van der Waals surface area contributed by atoms with Crippen LogP contribution in [0.1, 0.15) is 24.0 Å². The molecule has 2 amide bonds. The predicted octanol–water partition coefficient (Wildman–Crippen LogP) is 2.48. The number of carbonyl (C=O) groups is 2. The summed E-state index contributed by atoms with van der Waals surface area (Å²) in [5.74, 6) is -2.20. The molecule has 14 heteroatoms. The first-order chi connectivity index (χ1) is 20.0. The van der Waals surface area contributed by atoms with E-state index in [1.807, 2.05) is 42.5 Å². The molecule has 3 aromatic rings. The van der Waals surface area contributed by atoms with Gasteiger partial charge in [0.1, 0.15) is 12.1 Å². The molecule has 0 aromatic heterocycles. The number of nitrogens with zero attached hydrogens (tertiary/aromatic N) is 3. The number of primary amides is 1. The molecule has 1 aliphatic rings. The summed E-state index contributed by atoms with van der Waals surface area (Å²) in [5.41, 5.74) is 7.53. The maximum atomic E-state index is 13.4. The summed E-state index contributed by atoms with van der Waals surface area (Å²) in [6.07, 6.45) is 0. The minimum absolute atomic E-state index is 0.127. The monoisotopic (exact) mass is 630 g/mol. The van der Waals surface area contributed by atoms with Crippen LogP contribution in [0.5, 0.6) is 0 Å². The quantitative estimate of drug-likeness (QED) is 0.208. The second kappa shape index (κ2) is 13.3. The van der Waals surface area contributed by atoms with Crippen LogP contribution in [0.25, 0.3) is 0 Å². The first kappa shape index (κ1) is 31.0. The molecule has 220 valence electrons. The Labute approximate surface area is 253 Å². The van der Waals surface area contributed by atoms with Gasteiger partial charge in [0.15, 0.2) is 0 Å². The lowest BCUT2D eigenvalue weighted by molar-refractivity contribution is -0.129. The lowest BCUT2D eigenvalue weighted by Crippen LogP contribution is -2.54. The van der Waals surface area contributed by atoms with Crippen molar-refractivity contribution in [2.24, 2.45) is 15.2 Å². The SMILES string of the molecule is CC(N/C(=N/S(=O)(=O)c1ccc(Cl)cc1)N1CC(c2ccccc2)C(c2ccc(Cl)cc2)=N1)C(=O)NC(CO)C(N)=O.